The van der Waals surface area contributed by atoms with Crippen molar-refractivity contribution in [3.05, 3.63) is 42.0 Å². The fourth-order valence-corrected chi connectivity index (χ4v) is 9.07. The van der Waals surface area contributed by atoms with Crippen LogP contribution in [0.15, 0.2) is 30.9 Å². The summed E-state index contributed by atoms with van der Waals surface area (Å²) in [6.07, 6.45) is 4.30. The van der Waals surface area contributed by atoms with Gasteiger partial charge < -0.3 is 19.6 Å². The van der Waals surface area contributed by atoms with Gasteiger partial charge in [-0.05, 0) is 64.5 Å². The number of benzene rings is 1. The molecule has 3 fully saturated rings. The summed E-state index contributed by atoms with van der Waals surface area (Å²) in [4.78, 5) is 45.2. The molecule has 0 radical (unpaired) electrons. The number of carbonyl (C=O) groups excluding carboxylic acids is 3. The monoisotopic (exact) mass is 514 g/mol. The molecule has 0 aliphatic carbocycles. The third-order valence-corrected chi connectivity index (χ3v) is 10.1. The number of fused-ring (bicyclic) bond motifs is 1. The minimum Gasteiger partial charge on any atom is -0.466 e. The summed E-state index contributed by atoms with van der Waals surface area (Å²) >= 11 is 1.65. The highest BCUT2D eigenvalue weighted by molar-refractivity contribution is 8.02. The standard InChI is InChI=1S/C28H38N2O5S/c1-6-15-29(22-18(3)11-10-12-19(22)4)25(33)23-28-14-13-27(5,36-28)21(26(34)35-7-2)20(28)24(32)30(23)16-8-9-17-31/h6,10-12,20-21,23,31H,1,7-9,13-17H2,2-5H3/t20-,21-,23?,27+,28?/m0/s1. The first-order chi connectivity index (χ1) is 17.2. The van der Waals surface area contributed by atoms with Crippen LogP contribution in [0.5, 0.6) is 0 Å². The number of hydrogen-bond acceptors (Lipinski definition) is 6. The van der Waals surface area contributed by atoms with E-state index in [9.17, 15) is 19.5 Å². The van der Waals surface area contributed by atoms with Crippen LogP contribution in [-0.2, 0) is 19.1 Å². The molecular formula is C28H38N2O5S. The number of carbonyl (C=O) groups is 3. The minimum atomic E-state index is -0.695. The van der Waals surface area contributed by atoms with Gasteiger partial charge >= 0.3 is 5.97 Å². The molecule has 36 heavy (non-hydrogen) atoms. The molecular weight excluding hydrogens is 476 g/mol. The highest BCUT2D eigenvalue weighted by atomic mass is 32.2. The van der Waals surface area contributed by atoms with Crippen molar-refractivity contribution in [3.63, 3.8) is 0 Å². The topological polar surface area (TPSA) is 87.2 Å². The molecule has 196 valence electrons. The van der Waals surface area contributed by atoms with Crippen LogP contribution in [0, 0.1) is 25.7 Å². The molecule has 8 heteroatoms. The van der Waals surface area contributed by atoms with Crippen LogP contribution in [0.1, 0.15) is 50.7 Å². The zero-order valence-electron chi connectivity index (χ0n) is 21.8. The van der Waals surface area contributed by atoms with Gasteiger partial charge in [-0.25, -0.2) is 0 Å². The molecule has 1 aromatic carbocycles. The third-order valence-electron chi connectivity index (χ3n) is 8.15. The van der Waals surface area contributed by atoms with Gasteiger partial charge in [0.25, 0.3) is 5.91 Å². The Labute approximate surface area is 218 Å². The number of para-hydroxylation sites is 1. The van der Waals surface area contributed by atoms with E-state index >= 15 is 0 Å². The van der Waals surface area contributed by atoms with Crippen LogP contribution in [0.4, 0.5) is 5.69 Å². The Kier molecular flexibility index (Phi) is 7.58. The summed E-state index contributed by atoms with van der Waals surface area (Å²) in [5.74, 6) is -1.77. The Morgan fingerprint density at radius 2 is 1.97 bits per heavy atom. The average molecular weight is 515 g/mol. The number of aryl methyl sites for hydroxylation is 2. The lowest BCUT2D eigenvalue weighted by Gasteiger charge is -2.38. The number of likely N-dealkylation sites (tertiary alicyclic amines) is 1. The van der Waals surface area contributed by atoms with Crippen LogP contribution < -0.4 is 4.90 Å². The maximum atomic E-state index is 14.6. The Balaban J connectivity index is 1.81. The van der Waals surface area contributed by atoms with Gasteiger partial charge in [-0.15, -0.1) is 18.3 Å². The highest BCUT2D eigenvalue weighted by Crippen LogP contribution is 2.71. The molecule has 3 saturated heterocycles. The van der Waals surface area contributed by atoms with Gasteiger partial charge in [-0.2, -0.15) is 0 Å². The van der Waals surface area contributed by atoms with Crippen molar-refractivity contribution < 1.29 is 24.2 Å². The molecule has 0 aromatic heterocycles. The van der Waals surface area contributed by atoms with Crippen molar-refractivity contribution in [1.82, 2.24) is 4.90 Å². The number of rotatable bonds is 10. The second-order valence-electron chi connectivity index (χ2n) is 10.4. The summed E-state index contributed by atoms with van der Waals surface area (Å²) in [6.45, 7) is 12.7. The van der Waals surface area contributed by atoms with Crippen LogP contribution in [0.2, 0.25) is 0 Å². The number of nitrogens with zero attached hydrogens (tertiary/aromatic N) is 2. The second-order valence-corrected chi connectivity index (χ2v) is 12.3. The number of hydrogen-bond donors (Lipinski definition) is 1. The number of ether oxygens (including phenoxy) is 1. The van der Waals surface area contributed by atoms with Crippen molar-refractivity contribution in [2.75, 3.05) is 31.2 Å². The van der Waals surface area contributed by atoms with Crippen LogP contribution in [-0.4, -0.2) is 69.6 Å². The Morgan fingerprint density at radius 3 is 2.58 bits per heavy atom. The van der Waals surface area contributed by atoms with E-state index in [0.717, 1.165) is 23.2 Å². The third kappa shape index (κ3) is 4.06. The SMILES string of the molecule is C=CCN(C(=O)C1N(CCCCO)C(=O)[C@@H]2[C@@H](C(=O)OCC)[C@@]3(C)CCC12S3)c1c(C)cccc1C. The normalized spacial score (nSPS) is 30.4. The molecule has 1 spiro atoms. The van der Waals surface area contributed by atoms with Crippen LogP contribution >= 0.6 is 11.8 Å². The predicted molar refractivity (Wildman–Crippen MR) is 142 cm³/mol. The maximum Gasteiger partial charge on any atom is 0.311 e. The Bertz CT molecular complexity index is 1040. The quantitative estimate of drug-likeness (QED) is 0.291. The molecule has 3 heterocycles. The Morgan fingerprint density at radius 1 is 1.28 bits per heavy atom. The van der Waals surface area contributed by atoms with Crippen molar-refractivity contribution >= 4 is 35.2 Å². The lowest BCUT2D eigenvalue weighted by molar-refractivity contribution is -0.155. The number of anilines is 1. The van der Waals surface area contributed by atoms with E-state index < -0.39 is 27.4 Å². The summed E-state index contributed by atoms with van der Waals surface area (Å²) in [5.41, 5.74) is 2.81. The van der Waals surface area contributed by atoms with Gasteiger partial charge in [-0.3, -0.25) is 14.4 Å². The van der Waals surface area contributed by atoms with Crippen LogP contribution in [0.25, 0.3) is 0 Å². The molecule has 0 saturated carbocycles. The Hall–Kier alpha value is -2.32. The van der Waals surface area contributed by atoms with E-state index in [2.05, 4.69) is 6.58 Å². The number of aliphatic hydroxyl groups is 1. The van der Waals surface area contributed by atoms with Gasteiger partial charge in [0.05, 0.1) is 23.2 Å². The molecule has 2 bridgehead atoms. The molecule has 5 atom stereocenters. The molecule has 2 amide bonds. The summed E-state index contributed by atoms with van der Waals surface area (Å²) in [7, 11) is 0. The lowest BCUT2D eigenvalue weighted by atomic mass is 9.66. The fourth-order valence-electron chi connectivity index (χ4n) is 6.73. The first kappa shape index (κ1) is 26.7. The fraction of sp³-hybridized carbons (Fsp3) is 0.607. The smallest absolute Gasteiger partial charge is 0.311 e. The van der Waals surface area contributed by atoms with Crippen molar-refractivity contribution in [3.8, 4) is 0 Å². The molecule has 1 aromatic rings. The van der Waals surface area contributed by atoms with Crippen molar-refractivity contribution in [1.29, 1.82) is 0 Å². The van der Waals surface area contributed by atoms with Gasteiger partial charge in [0.2, 0.25) is 5.91 Å². The maximum absolute atomic E-state index is 14.6. The summed E-state index contributed by atoms with van der Waals surface area (Å²) in [5, 5.41) is 9.37. The predicted octanol–water partition coefficient (Wildman–Crippen LogP) is 3.64. The van der Waals surface area contributed by atoms with E-state index in [-0.39, 0.29) is 31.0 Å². The van der Waals surface area contributed by atoms with E-state index in [1.165, 1.54) is 0 Å². The van der Waals surface area contributed by atoms with E-state index in [1.54, 1.807) is 34.6 Å². The van der Waals surface area contributed by atoms with E-state index in [1.807, 2.05) is 39.0 Å². The first-order valence-corrected chi connectivity index (χ1v) is 13.7. The highest BCUT2D eigenvalue weighted by Gasteiger charge is 2.77. The van der Waals surface area contributed by atoms with E-state index in [4.69, 9.17) is 4.74 Å². The average Bonchev–Trinajstić information content (AvgIpc) is 3.39. The molecule has 4 rings (SSSR count). The zero-order valence-corrected chi connectivity index (χ0v) is 22.6. The van der Waals surface area contributed by atoms with Crippen LogP contribution in [0.3, 0.4) is 0 Å². The minimum absolute atomic E-state index is 0.0263. The molecule has 3 aliphatic heterocycles. The van der Waals surface area contributed by atoms with E-state index in [0.29, 0.717) is 32.4 Å². The number of aliphatic hydroxyl groups excluding tert-OH is 1. The van der Waals surface area contributed by atoms with Gasteiger partial charge in [0.15, 0.2) is 0 Å². The largest absolute Gasteiger partial charge is 0.466 e. The van der Waals surface area contributed by atoms with Crippen molar-refractivity contribution in [2.24, 2.45) is 11.8 Å². The second kappa shape index (κ2) is 10.2. The van der Waals surface area contributed by atoms with Gasteiger partial charge in [0, 0.05) is 30.1 Å². The number of esters is 1. The molecule has 3 aliphatic rings. The summed E-state index contributed by atoms with van der Waals surface area (Å²) in [6, 6.07) is 5.25. The number of thioether (sulfide) groups is 1. The number of amides is 2. The summed E-state index contributed by atoms with van der Waals surface area (Å²) < 4.78 is 4.32. The van der Waals surface area contributed by atoms with Crippen molar-refractivity contribution in [2.45, 2.75) is 68.9 Å². The zero-order chi connectivity index (χ0) is 26.3. The van der Waals surface area contributed by atoms with Gasteiger partial charge in [-0.1, -0.05) is 24.3 Å². The first-order valence-electron chi connectivity index (χ1n) is 12.9. The lowest BCUT2D eigenvalue weighted by Crippen LogP contribution is -2.55. The van der Waals surface area contributed by atoms with Gasteiger partial charge in [0.1, 0.15) is 6.04 Å². The molecule has 7 nitrogen and oxygen atoms in total. The molecule has 2 unspecified atom stereocenters. The number of unbranched alkanes of at least 4 members (excludes halogenated alkanes) is 1. The molecule has 1 N–H and O–H groups in total.